The number of nitrogens with one attached hydrogen (secondary N) is 2. The van der Waals surface area contributed by atoms with Gasteiger partial charge in [0.2, 0.25) is 0 Å². The Morgan fingerprint density at radius 2 is 1.78 bits per heavy atom. The molecule has 0 aromatic carbocycles. The average molecular weight is 554 g/mol. The van der Waals surface area contributed by atoms with Crippen LogP contribution in [0.4, 0.5) is 0 Å². The van der Waals surface area contributed by atoms with Crippen molar-refractivity contribution < 1.29 is 0 Å². The molecule has 2 saturated heterocycles. The molecule has 7 heteroatoms. The van der Waals surface area contributed by atoms with Crippen molar-refractivity contribution >= 4 is 27.9 Å². The number of pyridine rings is 2. The smallest absolute Gasteiger partial charge is 0.137 e. The van der Waals surface area contributed by atoms with E-state index in [4.69, 9.17) is 4.98 Å². The number of likely N-dealkylation sites (N-methyl/N-ethyl adjacent to an activating group) is 1. The highest BCUT2D eigenvalue weighted by molar-refractivity contribution is 5.96. The van der Waals surface area contributed by atoms with Crippen molar-refractivity contribution in [2.24, 2.45) is 0 Å². The Kier molecular flexibility index (Phi) is 8.83. The first-order valence-electron chi connectivity index (χ1n) is 15.5. The Bertz CT molecular complexity index is 1490. The summed E-state index contributed by atoms with van der Waals surface area (Å²) in [6, 6.07) is 8.13. The molecule has 2 atom stereocenters. The first-order valence-corrected chi connectivity index (χ1v) is 15.5. The van der Waals surface area contributed by atoms with Crippen molar-refractivity contribution in [2.75, 3.05) is 20.1 Å². The first kappa shape index (κ1) is 28.9. The van der Waals surface area contributed by atoms with Gasteiger partial charge in [0.1, 0.15) is 5.65 Å². The van der Waals surface area contributed by atoms with E-state index in [2.05, 4.69) is 83.6 Å². The Morgan fingerprint density at radius 1 is 1.07 bits per heavy atom. The van der Waals surface area contributed by atoms with Gasteiger partial charge in [0.25, 0.3) is 0 Å². The standard InChI is InChI=1S/C32H41N7.C2H6/c1-6-8-25(9-7-2)36-21(3)29-18-35-38-13-12-23(15-31(29)38)30-17-34-32-28(30)14-24(16-33-32)22(4)39-26-10-11-27(39)20-37(5)19-26;1-2/h12-18,25-27,36H,3-4,6-11,19-20H2,1-2,5H3,(H,33,34);1-2H3. The molecule has 2 aliphatic heterocycles. The summed E-state index contributed by atoms with van der Waals surface area (Å²) in [6.45, 7) is 19.6. The molecule has 2 bridgehead atoms. The second-order valence-corrected chi connectivity index (χ2v) is 11.5. The van der Waals surface area contributed by atoms with Gasteiger partial charge in [0, 0.05) is 83.3 Å². The van der Waals surface area contributed by atoms with Crippen LogP contribution in [0, 0.1) is 0 Å². The molecule has 2 unspecified atom stereocenters. The van der Waals surface area contributed by atoms with Gasteiger partial charge in [0.05, 0.1) is 11.7 Å². The van der Waals surface area contributed by atoms with E-state index in [0.29, 0.717) is 18.1 Å². The number of H-pyrrole nitrogens is 1. The lowest BCUT2D eigenvalue weighted by atomic mass is 10.0. The second-order valence-electron chi connectivity index (χ2n) is 11.5. The van der Waals surface area contributed by atoms with Crippen molar-refractivity contribution in [3.8, 4) is 11.1 Å². The largest absolute Gasteiger partial charge is 0.382 e. The van der Waals surface area contributed by atoms with Crippen LogP contribution in [0.5, 0.6) is 0 Å². The minimum absolute atomic E-state index is 0.437. The SMILES string of the molecule is C=C(NC(CCC)CCC)c1cnn2ccc(-c3c[nH]c4ncc(C(=C)N5C6CCC5CN(C)C6)cc34)cc12.CC. The van der Waals surface area contributed by atoms with Gasteiger partial charge >= 0.3 is 0 Å². The van der Waals surface area contributed by atoms with E-state index in [1.165, 1.54) is 12.8 Å². The fourth-order valence-electron chi connectivity index (χ4n) is 6.79. The maximum Gasteiger partial charge on any atom is 0.137 e. The molecular formula is C34H47N7. The fourth-order valence-corrected chi connectivity index (χ4v) is 6.79. The van der Waals surface area contributed by atoms with E-state index in [1.54, 1.807) is 0 Å². The highest BCUT2D eigenvalue weighted by atomic mass is 15.3. The minimum atomic E-state index is 0.437. The third-order valence-corrected chi connectivity index (χ3v) is 8.65. The maximum atomic E-state index is 4.80. The van der Waals surface area contributed by atoms with Gasteiger partial charge in [-0.05, 0) is 56.5 Å². The highest BCUT2D eigenvalue weighted by Gasteiger charge is 2.39. The van der Waals surface area contributed by atoms with Gasteiger partial charge < -0.3 is 20.1 Å². The number of fused-ring (bicyclic) bond motifs is 4. The molecule has 218 valence electrons. The van der Waals surface area contributed by atoms with Crippen LogP contribution in [0.2, 0.25) is 0 Å². The zero-order chi connectivity index (χ0) is 29.1. The maximum absolute atomic E-state index is 4.80. The quantitative estimate of drug-likeness (QED) is 0.218. The van der Waals surface area contributed by atoms with Crippen LogP contribution >= 0.6 is 0 Å². The van der Waals surface area contributed by atoms with Crippen molar-refractivity contribution in [1.82, 2.24) is 34.7 Å². The summed E-state index contributed by atoms with van der Waals surface area (Å²) in [5.41, 5.74) is 8.40. The third kappa shape index (κ3) is 5.65. The van der Waals surface area contributed by atoms with E-state index in [1.807, 2.05) is 37.0 Å². The summed E-state index contributed by atoms with van der Waals surface area (Å²) in [7, 11) is 2.23. The van der Waals surface area contributed by atoms with Crippen molar-refractivity contribution in [2.45, 2.75) is 84.3 Å². The third-order valence-electron chi connectivity index (χ3n) is 8.65. The Labute approximate surface area is 245 Å². The van der Waals surface area contributed by atoms with E-state index >= 15 is 0 Å². The van der Waals surface area contributed by atoms with Gasteiger partial charge in [-0.3, -0.25) is 0 Å². The molecule has 0 saturated carbocycles. The van der Waals surface area contributed by atoms with Crippen LogP contribution in [-0.2, 0) is 0 Å². The lowest BCUT2D eigenvalue weighted by molar-refractivity contribution is 0.136. The van der Waals surface area contributed by atoms with Gasteiger partial charge in [-0.1, -0.05) is 53.7 Å². The highest BCUT2D eigenvalue weighted by Crippen LogP contribution is 2.37. The van der Waals surface area contributed by atoms with Crippen molar-refractivity contribution in [1.29, 1.82) is 0 Å². The molecular weight excluding hydrogens is 506 g/mol. The molecule has 4 aromatic heterocycles. The summed E-state index contributed by atoms with van der Waals surface area (Å²) in [6.07, 6.45) is 15.1. The van der Waals surface area contributed by atoms with Crippen LogP contribution in [0.25, 0.3) is 39.1 Å². The number of likely N-dealkylation sites (tertiary alicyclic amines) is 1. The Morgan fingerprint density at radius 3 is 2.46 bits per heavy atom. The number of hydrogen-bond donors (Lipinski definition) is 2. The molecule has 6 rings (SSSR count). The summed E-state index contributed by atoms with van der Waals surface area (Å²) < 4.78 is 1.93. The van der Waals surface area contributed by atoms with Gasteiger partial charge in [-0.2, -0.15) is 5.10 Å². The lowest BCUT2D eigenvalue weighted by Gasteiger charge is -2.42. The fraction of sp³-hybridized carbons (Fsp3) is 0.471. The first-order chi connectivity index (χ1) is 20.0. The lowest BCUT2D eigenvalue weighted by Crippen LogP contribution is -2.51. The molecule has 4 aromatic rings. The summed E-state index contributed by atoms with van der Waals surface area (Å²) in [5.74, 6) is 0. The van der Waals surface area contributed by atoms with Crippen LogP contribution in [0.1, 0.15) is 77.3 Å². The zero-order valence-electron chi connectivity index (χ0n) is 25.6. The van der Waals surface area contributed by atoms with Gasteiger partial charge in [-0.25, -0.2) is 9.50 Å². The van der Waals surface area contributed by atoms with E-state index in [0.717, 1.165) is 89.0 Å². The number of piperazine rings is 1. The number of hydrogen-bond acceptors (Lipinski definition) is 5. The molecule has 2 N–H and O–H groups in total. The van der Waals surface area contributed by atoms with Crippen molar-refractivity contribution in [3.05, 3.63) is 67.3 Å². The minimum Gasteiger partial charge on any atom is -0.382 e. The monoisotopic (exact) mass is 553 g/mol. The molecule has 0 radical (unpaired) electrons. The Balaban J connectivity index is 0.00000165. The van der Waals surface area contributed by atoms with E-state index < -0.39 is 0 Å². The average Bonchev–Trinajstić information content (AvgIpc) is 3.67. The van der Waals surface area contributed by atoms with Crippen LogP contribution in [-0.4, -0.2) is 67.6 Å². The molecule has 7 nitrogen and oxygen atoms in total. The molecule has 6 heterocycles. The topological polar surface area (TPSA) is 64.5 Å². The molecule has 2 aliphatic rings. The van der Waals surface area contributed by atoms with Crippen molar-refractivity contribution in [3.63, 3.8) is 0 Å². The molecule has 0 amide bonds. The summed E-state index contributed by atoms with van der Waals surface area (Å²) >= 11 is 0. The predicted molar refractivity (Wildman–Crippen MR) is 173 cm³/mol. The molecule has 41 heavy (non-hydrogen) atoms. The normalized spacial score (nSPS) is 18.6. The van der Waals surface area contributed by atoms with Crippen LogP contribution in [0.3, 0.4) is 0 Å². The number of aromatic amines is 1. The van der Waals surface area contributed by atoms with Crippen LogP contribution in [0.15, 0.2) is 56.1 Å². The summed E-state index contributed by atoms with van der Waals surface area (Å²) in [5, 5.41) is 9.41. The zero-order valence-corrected chi connectivity index (χ0v) is 25.6. The Hall–Kier alpha value is -3.58. The van der Waals surface area contributed by atoms with Gasteiger partial charge in [0.15, 0.2) is 0 Å². The van der Waals surface area contributed by atoms with Crippen LogP contribution < -0.4 is 5.32 Å². The predicted octanol–water partition coefficient (Wildman–Crippen LogP) is 7.18. The van der Waals surface area contributed by atoms with E-state index in [9.17, 15) is 0 Å². The molecule has 0 spiro atoms. The van der Waals surface area contributed by atoms with E-state index in [-0.39, 0.29) is 0 Å². The number of nitrogens with zero attached hydrogens (tertiary/aromatic N) is 5. The number of rotatable bonds is 10. The molecule has 0 aliphatic carbocycles. The molecule has 2 fully saturated rings. The number of aromatic nitrogens is 4. The van der Waals surface area contributed by atoms with Gasteiger partial charge in [-0.15, -0.1) is 0 Å². The second kappa shape index (κ2) is 12.5. The summed E-state index contributed by atoms with van der Waals surface area (Å²) in [4.78, 5) is 13.2.